The van der Waals surface area contributed by atoms with Gasteiger partial charge in [-0.2, -0.15) is 18.2 Å². The predicted octanol–water partition coefficient (Wildman–Crippen LogP) is 1.64. The quantitative estimate of drug-likeness (QED) is 0.556. The Labute approximate surface area is 233 Å². The monoisotopic (exact) mass is 576 g/mol. The summed E-state index contributed by atoms with van der Waals surface area (Å²) in [5, 5.41) is 13.8. The minimum atomic E-state index is -5.19. The summed E-state index contributed by atoms with van der Waals surface area (Å²) in [5.74, 6) is -4.29. The Balaban J connectivity index is 0.000000493. The average molecular weight is 577 g/mol. The van der Waals surface area contributed by atoms with Gasteiger partial charge in [-0.15, -0.1) is 0 Å². The van der Waals surface area contributed by atoms with Crippen molar-refractivity contribution in [2.24, 2.45) is 5.10 Å². The number of quaternary nitrogens is 1. The van der Waals surface area contributed by atoms with Gasteiger partial charge in [0.2, 0.25) is 11.7 Å². The SMILES string of the molecule is O=C([O-])C(F)(F)F.O=C1C=N[NH+](Cc2ccc(F)c(C(=O)N3CCN(C4CCCCC4)C(=O)C3)c2)c2ccccc21. The molecule has 0 bridgehead atoms. The Morgan fingerprint density at radius 3 is 2.37 bits per heavy atom. The largest absolute Gasteiger partial charge is 0.542 e. The summed E-state index contributed by atoms with van der Waals surface area (Å²) in [6.07, 6.45) is 1.63. The van der Waals surface area contributed by atoms with Crippen LogP contribution in [-0.4, -0.2) is 71.4 Å². The molecular weight excluding hydrogens is 548 g/mol. The number of alkyl halides is 3. The van der Waals surface area contributed by atoms with E-state index in [4.69, 9.17) is 9.90 Å². The second kappa shape index (κ2) is 12.6. The van der Waals surface area contributed by atoms with Crippen molar-refractivity contribution in [2.45, 2.75) is 50.9 Å². The van der Waals surface area contributed by atoms with E-state index >= 15 is 0 Å². The molecule has 1 saturated heterocycles. The van der Waals surface area contributed by atoms with Crippen LogP contribution in [0.2, 0.25) is 0 Å². The fraction of sp³-hybridized carbons (Fsp3) is 0.393. The van der Waals surface area contributed by atoms with Crippen LogP contribution in [0.15, 0.2) is 47.6 Å². The van der Waals surface area contributed by atoms with Crippen LogP contribution in [0.3, 0.4) is 0 Å². The Bertz CT molecular complexity index is 1360. The van der Waals surface area contributed by atoms with Gasteiger partial charge in [0, 0.05) is 30.8 Å². The van der Waals surface area contributed by atoms with Crippen molar-refractivity contribution in [3.8, 4) is 0 Å². The number of fused-ring (bicyclic) bond motifs is 1. The molecule has 1 aliphatic carbocycles. The summed E-state index contributed by atoms with van der Waals surface area (Å²) in [7, 11) is 0. The topological polar surface area (TPSA) is 115 Å². The van der Waals surface area contributed by atoms with Crippen molar-refractivity contribution in [3.05, 3.63) is 65.0 Å². The van der Waals surface area contributed by atoms with Crippen LogP contribution in [0.5, 0.6) is 0 Å². The molecule has 2 aromatic rings. The van der Waals surface area contributed by atoms with Gasteiger partial charge in [-0.1, -0.05) is 42.6 Å². The molecular formula is C28H28F4N4O5. The summed E-state index contributed by atoms with van der Waals surface area (Å²) >= 11 is 0. The van der Waals surface area contributed by atoms with Gasteiger partial charge < -0.3 is 19.7 Å². The first-order valence-electron chi connectivity index (χ1n) is 13.1. The highest BCUT2D eigenvalue weighted by molar-refractivity contribution is 6.36. The molecule has 2 aromatic carbocycles. The number of halogens is 4. The van der Waals surface area contributed by atoms with Crippen LogP contribution in [0.4, 0.5) is 23.2 Å². The maximum Gasteiger partial charge on any atom is 0.430 e. The molecule has 5 rings (SSSR count). The second-order valence-electron chi connectivity index (χ2n) is 10.00. The van der Waals surface area contributed by atoms with Crippen molar-refractivity contribution >= 4 is 35.5 Å². The molecule has 13 heteroatoms. The maximum atomic E-state index is 14.7. The highest BCUT2D eigenvalue weighted by Gasteiger charge is 2.34. The number of para-hydroxylation sites is 1. The van der Waals surface area contributed by atoms with E-state index in [1.165, 1.54) is 29.7 Å². The number of rotatable bonds is 4. The smallest absolute Gasteiger partial charge is 0.430 e. The van der Waals surface area contributed by atoms with Crippen molar-refractivity contribution in [3.63, 3.8) is 0 Å². The highest BCUT2D eigenvalue weighted by atomic mass is 19.4. The molecule has 0 spiro atoms. The minimum absolute atomic E-state index is 0.0177. The number of Topliss-reactive ketones (excluding diaryl/α,β-unsaturated/α-hetero) is 1. The van der Waals surface area contributed by atoms with Crippen molar-refractivity contribution in [2.75, 3.05) is 19.6 Å². The number of carboxylic acids is 1. The summed E-state index contributed by atoms with van der Waals surface area (Å²) < 4.78 is 46.2. The van der Waals surface area contributed by atoms with E-state index in [2.05, 4.69) is 5.10 Å². The van der Waals surface area contributed by atoms with Crippen LogP contribution in [0, 0.1) is 5.82 Å². The summed E-state index contributed by atoms with van der Waals surface area (Å²) in [4.78, 5) is 50.2. The number of aliphatic carboxylic acids is 1. The molecule has 2 aliphatic heterocycles. The molecule has 1 atom stereocenters. The fourth-order valence-electron chi connectivity index (χ4n) is 5.21. The zero-order valence-corrected chi connectivity index (χ0v) is 22.0. The molecule has 41 heavy (non-hydrogen) atoms. The number of carbonyl (C=O) groups is 4. The lowest BCUT2D eigenvalue weighted by Gasteiger charge is -2.40. The molecule has 3 aliphatic rings. The Hall–Kier alpha value is -4.13. The Morgan fingerprint density at radius 2 is 1.71 bits per heavy atom. The molecule has 1 saturated carbocycles. The van der Waals surface area contributed by atoms with Gasteiger partial charge in [0.05, 0.1) is 11.1 Å². The lowest BCUT2D eigenvalue weighted by molar-refractivity contribution is -0.854. The normalized spacial score (nSPS) is 19.4. The van der Waals surface area contributed by atoms with Gasteiger partial charge in [0.25, 0.3) is 5.91 Å². The van der Waals surface area contributed by atoms with Crippen LogP contribution in [0.1, 0.15) is 58.4 Å². The summed E-state index contributed by atoms with van der Waals surface area (Å²) in [5.41, 5.74) is 2.01. The third-order valence-electron chi connectivity index (χ3n) is 7.27. The summed E-state index contributed by atoms with van der Waals surface area (Å²) in [6.45, 7) is 1.24. The van der Waals surface area contributed by atoms with Crippen LogP contribution < -0.4 is 10.1 Å². The highest BCUT2D eigenvalue weighted by Crippen LogP contribution is 2.25. The number of nitrogens with one attached hydrogen (secondary N) is 1. The van der Waals surface area contributed by atoms with E-state index < -0.39 is 23.9 Å². The van der Waals surface area contributed by atoms with Gasteiger partial charge in [0.15, 0.2) is 5.69 Å². The van der Waals surface area contributed by atoms with Gasteiger partial charge in [-0.05, 0) is 31.0 Å². The molecule has 2 heterocycles. The maximum absolute atomic E-state index is 14.7. The van der Waals surface area contributed by atoms with Crippen LogP contribution >= 0.6 is 0 Å². The Kier molecular flexibility index (Phi) is 9.16. The van der Waals surface area contributed by atoms with E-state index in [0.29, 0.717) is 35.8 Å². The first-order valence-corrected chi connectivity index (χ1v) is 13.1. The number of nitrogens with zero attached hydrogens (tertiary/aromatic N) is 3. The molecule has 9 nitrogen and oxygen atoms in total. The first-order chi connectivity index (χ1) is 19.5. The number of carbonyl (C=O) groups excluding carboxylic acids is 4. The number of benzene rings is 2. The minimum Gasteiger partial charge on any atom is -0.542 e. The molecule has 2 fully saturated rings. The standard InChI is InChI=1S/C26H27FN4O3.C2HF3O2/c27-22-11-10-18(16-31-23-9-5-4-8-20(23)24(32)15-28-31)14-21(22)26(34)29-12-13-30(25(33)17-29)19-6-2-1-3-7-19;3-2(4,5)1(6)7/h4-5,8-11,14-15,19H,1-3,6-7,12-13,16-17H2;(H,6,7). The fourth-order valence-corrected chi connectivity index (χ4v) is 5.21. The molecule has 2 amide bonds. The lowest BCUT2D eigenvalue weighted by Crippen LogP contribution is -3.01. The van der Waals surface area contributed by atoms with Crippen molar-refractivity contribution in [1.82, 2.24) is 9.80 Å². The lowest BCUT2D eigenvalue weighted by atomic mass is 9.93. The van der Waals surface area contributed by atoms with E-state index in [1.807, 2.05) is 17.0 Å². The van der Waals surface area contributed by atoms with Gasteiger partial charge in [-0.25, -0.2) is 4.39 Å². The van der Waals surface area contributed by atoms with Gasteiger partial charge in [0.1, 0.15) is 31.1 Å². The number of piperazine rings is 1. The molecule has 1 N–H and O–H groups in total. The zero-order valence-electron chi connectivity index (χ0n) is 22.0. The van der Waals surface area contributed by atoms with Crippen LogP contribution in [-0.2, 0) is 16.1 Å². The van der Waals surface area contributed by atoms with Crippen molar-refractivity contribution < 1.29 is 46.9 Å². The number of ketones is 1. The number of carboxylic acid groups (broad SMARTS) is 1. The second-order valence-corrected chi connectivity index (χ2v) is 10.00. The van der Waals surface area contributed by atoms with Gasteiger partial charge in [-0.3, -0.25) is 14.4 Å². The molecule has 0 aromatic heterocycles. The van der Waals surface area contributed by atoms with E-state index in [-0.39, 0.29) is 29.8 Å². The third kappa shape index (κ3) is 7.15. The zero-order chi connectivity index (χ0) is 29.7. The molecule has 1 unspecified atom stereocenters. The summed E-state index contributed by atoms with van der Waals surface area (Å²) in [6, 6.07) is 12.0. The first kappa shape index (κ1) is 29.8. The number of amides is 2. The third-order valence-corrected chi connectivity index (χ3v) is 7.27. The van der Waals surface area contributed by atoms with E-state index in [0.717, 1.165) is 31.4 Å². The van der Waals surface area contributed by atoms with Crippen molar-refractivity contribution in [1.29, 1.82) is 0 Å². The van der Waals surface area contributed by atoms with Gasteiger partial charge >= 0.3 is 6.18 Å². The predicted molar refractivity (Wildman–Crippen MR) is 136 cm³/mol. The number of hydrogen-bond acceptors (Lipinski definition) is 6. The van der Waals surface area contributed by atoms with E-state index in [9.17, 15) is 31.9 Å². The number of hydrogen-bond donors (Lipinski definition) is 1. The average Bonchev–Trinajstić information content (AvgIpc) is 2.95. The molecule has 0 radical (unpaired) electrons. The van der Waals surface area contributed by atoms with Crippen LogP contribution in [0.25, 0.3) is 0 Å². The molecule has 218 valence electrons. The van der Waals surface area contributed by atoms with E-state index in [1.54, 1.807) is 18.2 Å². The Morgan fingerprint density at radius 1 is 1.02 bits per heavy atom.